The van der Waals surface area contributed by atoms with E-state index in [2.05, 4.69) is 15.1 Å². The molecule has 0 amide bonds. The van der Waals surface area contributed by atoms with Gasteiger partial charge in [0.15, 0.2) is 5.65 Å². The van der Waals surface area contributed by atoms with E-state index in [1.807, 2.05) is 6.92 Å². The van der Waals surface area contributed by atoms with E-state index in [-0.39, 0.29) is 11.6 Å². The normalized spacial score (nSPS) is 10.8. The first-order valence-corrected chi connectivity index (χ1v) is 5.69. The summed E-state index contributed by atoms with van der Waals surface area (Å²) >= 11 is 0. The molecule has 0 saturated carbocycles. The van der Waals surface area contributed by atoms with Gasteiger partial charge in [0.2, 0.25) is 11.6 Å². The van der Waals surface area contributed by atoms with Gasteiger partial charge < -0.3 is 9.84 Å². The predicted molar refractivity (Wildman–Crippen MR) is 63.9 cm³/mol. The van der Waals surface area contributed by atoms with Gasteiger partial charge in [-0.2, -0.15) is 10.1 Å². The zero-order valence-corrected chi connectivity index (χ0v) is 10.5. The first-order chi connectivity index (χ1) is 8.58. The molecule has 0 aliphatic rings. The standard InChI is InChI=1S/C11H14N4O3/c1-4-15-9-7(6(3)14-15)12-8(11(16)17)10(13-9)18-5-2/h4-5H2,1-3H3,(H,16,17). The van der Waals surface area contributed by atoms with Gasteiger partial charge >= 0.3 is 5.97 Å². The number of hydrogen-bond donors (Lipinski definition) is 1. The third kappa shape index (κ3) is 1.87. The Kier molecular flexibility index (Phi) is 3.14. The molecular weight excluding hydrogens is 236 g/mol. The van der Waals surface area contributed by atoms with E-state index in [4.69, 9.17) is 9.84 Å². The third-order valence-corrected chi connectivity index (χ3v) is 2.49. The molecule has 0 aliphatic carbocycles. The maximum atomic E-state index is 11.1. The summed E-state index contributed by atoms with van der Waals surface area (Å²) in [5.41, 5.74) is 1.52. The number of aromatic nitrogens is 4. The zero-order chi connectivity index (χ0) is 13.3. The summed E-state index contributed by atoms with van der Waals surface area (Å²) in [7, 11) is 0. The number of fused-ring (bicyclic) bond motifs is 1. The Labute approximate surface area is 103 Å². The zero-order valence-electron chi connectivity index (χ0n) is 10.5. The van der Waals surface area contributed by atoms with Crippen LogP contribution in [0.25, 0.3) is 11.2 Å². The molecule has 0 atom stereocenters. The van der Waals surface area contributed by atoms with E-state index in [1.54, 1.807) is 18.5 Å². The van der Waals surface area contributed by atoms with Gasteiger partial charge in [-0.1, -0.05) is 0 Å². The third-order valence-electron chi connectivity index (χ3n) is 2.49. The van der Waals surface area contributed by atoms with Crippen LogP contribution in [0.3, 0.4) is 0 Å². The molecule has 96 valence electrons. The van der Waals surface area contributed by atoms with Crippen LogP contribution < -0.4 is 4.74 Å². The largest absolute Gasteiger partial charge is 0.476 e. The summed E-state index contributed by atoms with van der Waals surface area (Å²) in [6.45, 7) is 6.44. The van der Waals surface area contributed by atoms with Crippen molar-refractivity contribution in [2.24, 2.45) is 0 Å². The summed E-state index contributed by atoms with van der Waals surface area (Å²) in [5, 5.41) is 13.4. The van der Waals surface area contributed by atoms with Gasteiger partial charge in [0.1, 0.15) is 5.52 Å². The van der Waals surface area contributed by atoms with Crippen LogP contribution >= 0.6 is 0 Å². The predicted octanol–water partition coefficient (Wildman–Crippen LogP) is 1.25. The van der Waals surface area contributed by atoms with Crippen LogP contribution in [-0.4, -0.2) is 37.4 Å². The Hall–Kier alpha value is -2.18. The molecule has 0 fully saturated rings. The molecule has 7 heteroatoms. The Morgan fingerprint density at radius 3 is 2.67 bits per heavy atom. The topological polar surface area (TPSA) is 90.1 Å². The van der Waals surface area contributed by atoms with Crippen molar-refractivity contribution in [1.29, 1.82) is 0 Å². The molecule has 0 radical (unpaired) electrons. The maximum absolute atomic E-state index is 11.1. The molecule has 0 bridgehead atoms. The van der Waals surface area contributed by atoms with Crippen molar-refractivity contribution < 1.29 is 14.6 Å². The summed E-state index contributed by atoms with van der Waals surface area (Å²) in [5.74, 6) is -1.12. The van der Waals surface area contributed by atoms with E-state index in [0.29, 0.717) is 30.0 Å². The van der Waals surface area contributed by atoms with Crippen LogP contribution in [0, 0.1) is 6.92 Å². The second kappa shape index (κ2) is 4.59. The number of nitrogens with zero attached hydrogens (tertiary/aromatic N) is 4. The number of aryl methyl sites for hydroxylation is 2. The summed E-state index contributed by atoms with van der Waals surface area (Å²) in [6.07, 6.45) is 0. The van der Waals surface area contributed by atoms with Gasteiger partial charge in [0.05, 0.1) is 12.3 Å². The quantitative estimate of drug-likeness (QED) is 0.878. The lowest BCUT2D eigenvalue weighted by Gasteiger charge is -2.05. The van der Waals surface area contributed by atoms with Crippen LogP contribution in [0.5, 0.6) is 5.88 Å². The fraction of sp³-hybridized carbons (Fsp3) is 0.455. The van der Waals surface area contributed by atoms with E-state index >= 15 is 0 Å². The SMILES string of the molecule is CCOc1nc2c(nc1C(=O)O)c(C)nn2CC. The lowest BCUT2D eigenvalue weighted by atomic mass is 10.3. The summed E-state index contributed by atoms with van der Waals surface area (Å²) in [6, 6.07) is 0. The number of ether oxygens (including phenoxy) is 1. The molecular formula is C11H14N4O3. The first-order valence-electron chi connectivity index (χ1n) is 5.69. The molecule has 1 N–H and O–H groups in total. The fourth-order valence-electron chi connectivity index (χ4n) is 1.71. The minimum Gasteiger partial charge on any atom is -0.476 e. The van der Waals surface area contributed by atoms with Gasteiger partial charge in [0.25, 0.3) is 0 Å². The number of carbonyl (C=O) groups is 1. The van der Waals surface area contributed by atoms with E-state index in [0.717, 1.165) is 0 Å². The van der Waals surface area contributed by atoms with E-state index in [9.17, 15) is 4.79 Å². The Morgan fingerprint density at radius 2 is 2.11 bits per heavy atom. The van der Waals surface area contributed by atoms with Crippen LogP contribution in [0.2, 0.25) is 0 Å². The number of carboxylic acids is 1. The molecule has 0 aliphatic heterocycles. The lowest BCUT2D eigenvalue weighted by molar-refractivity contribution is 0.0685. The van der Waals surface area contributed by atoms with Crippen LogP contribution in [-0.2, 0) is 6.54 Å². The molecule has 2 aromatic heterocycles. The Balaban J connectivity index is 2.73. The number of rotatable bonds is 4. The highest BCUT2D eigenvalue weighted by molar-refractivity contribution is 5.90. The van der Waals surface area contributed by atoms with Crippen LogP contribution in [0.15, 0.2) is 0 Å². The summed E-state index contributed by atoms with van der Waals surface area (Å²) in [4.78, 5) is 19.4. The van der Waals surface area contributed by atoms with E-state index < -0.39 is 5.97 Å². The van der Waals surface area contributed by atoms with Gasteiger partial charge in [-0.15, -0.1) is 0 Å². The molecule has 2 rings (SSSR count). The number of hydrogen-bond acceptors (Lipinski definition) is 5. The van der Waals surface area contributed by atoms with Gasteiger partial charge in [-0.05, 0) is 20.8 Å². The average molecular weight is 250 g/mol. The Bertz CT molecular complexity index is 606. The minimum atomic E-state index is -1.16. The molecule has 0 aromatic carbocycles. The van der Waals surface area contributed by atoms with Crippen molar-refractivity contribution in [3.8, 4) is 5.88 Å². The van der Waals surface area contributed by atoms with Crippen molar-refractivity contribution >= 4 is 17.1 Å². The summed E-state index contributed by atoms with van der Waals surface area (Å²) < 4.78 is 6.89. The molecule has 2 aromatic rings. The van der Waals surface area contributed by atoms with E-state index in [1.165, 1.54) is 0 Å². The molecule has 0 saturated heterocycles. The monoisotopic (exact) mass is 250 g/mol. The highest BCUT2D eigenvalue weighted by Gasteiger charge is 2.20. The second-order valence-electron chi connectivity index (χ2n) is 3.69. The number of carboxylic acid groups (broad SMARTS) is 1. The highest BCUT2D eigenvalue weighted by atomic mass is 16.5. The fourth-order valence-corrected chi connectivity index (χ4v) is 1.71. The van der Waals surface area contributed by atoms with Crippen LogP contribution in [0.4, 0.5) is 0 Å². The number of aromatic carboxylic acids is 1. The average Bonchev–Trinajstić information content (AvgIpc) is 2.65. The smallest absolute Gasteiger partial charge is 0.360 e. The van der Waals surface area contributed by atoms with Gasteiger partial charge in [-0.3, -0.25) is 0 Å². The van der Waals surface area contributed by atoms with Gasteiger partial charge in [0, 0.05) is 6.54 Å². The van der Waals surface area contributed by atoms with Gasteiger partial charge in [-0.25, -0.2) is 14.5 Å². The van der Waals surface area contributed by atoms with Crippen molar-refractivity contribution in [1.82, 2.24) is 19.7 Å². The molecule has 7 nitrogen and oxygen atoms in total. The molecule has 2 heterocycles. The molecule has 18 heavy (non-hydrogen) atoms. The molecule has 0 spiro atoms. The highest BCUT2D eigenvalue weighted by Crippen LogP contribution is 2.21. The first kappa shape index (κ1) is 12.3. The Morgan fingerprint density at radius 1 is 1.39 bits per heavy atom. The van der Waals surface area contributed by atoms with Crippen molar-refractivity contribution in [2.45, 2.75) is 27.3 Å². The minimum absolute atomic E-state index is 0.0344. The maximum Gasteiger partial charge on any atom is 0.360 e. The van der Waals surface area contributed by atoms with Crippen LogP contribution in [0.1, 0.15) is 30.0 Å². The second-order valence-corrected chi connectivity index (χ2v) is 3.69. The van der Waals surface area contributed by atoms with Crippen molar-refractivity contribution in [3.05, 3.63) is 11.4 Å². The van der Waals surface area contributed by atoms with Crippen molar-refractivity contribution in [2.75, 3.05) is 6.61 Å². The molecule has 0 unspecified atom stereocenters. The lowest BCUT2D eigenvalue weighted by Crippen LogP contribution is -2.09. The van der Waals surface area contributed by atoms with Crippen molar-refractivity contribution in [3.63, 3.8) is 0 Å².